The number of hydrogen-bond acceptors (Lipinski definition) is 3. The number of carboxylic acids is 1. The molecule has 6 heteroatoms. The highest BCUT2D eigenvalue weighted by Crippen LogP contribution is 2.27. The van der Waals surface area contributed by atoms with Gasteiger partial charge < -0.3 is 15.4 Å². The lowest BCUT2D eigenvalue weighted by Gasteiger charge is -2.13. The quantitative estimate of drug-likeness (QED) is 0.845. The first kappa shape index (κ1) is 10.6. The molecule has 1 aliphatic heterocycles. The Morgan fingerprint density at radius 2 is 2.33 bits per heavy atom. The SMILES string of the molecule is NC(C(=O)O)c1nc2n(c1Br)CCCC2. The molecule has 82 valence electrons. The maximum atomic E-state index is 10.8. The molecule has 1 aromatic heterocycles. The number of nitrogens with two attached hydrogens (primary N) is 1. The van der Waals surface area contributed by atoms with Crippen molar-refractivity contribution in [2.24, 2.45) is 5.73 Å². The van der Waals surface area contributed by atoms with Gasteiger partial charge in [-0.25, -0.2) is 4.98 Å². The minimum Gasteiger partial charge on any atom is -0.480 e. The number of aliphatic carboxylic acids is 1. The third-order valence-corrected chi connectivity index (χ3v) is 3.44. The first-order chi connectivity index (χ1) is 7.11. The molecule has 0 saturated heterocycles. The van der Waals surface area contributed by atoms with Crippen LogP contribution < -0.4 is 5.73 Å². The summed E-state index contributed by atoms with van der Waals surface area (Å²) in [6.07, 6.45) is 3.10. The lowest BCUT2D eigenvalue weighted by molar-refractivity contribution is -0.138. The average molecular weight is 274 g/mol. The van der Waals surface area contributed by atoms with Crippen LogP contribution in [0, 0.1) is 0 Å². The maximum Gasteiger partial charge on any atom is 0.326 e. The van der Waals surface area contributed by atoms with Crippen molar-refractivity contribution in [2.45, 2.75) is 31.8 Å². The molecule has 3 N–H and O–H groups in total. The summed E-state index contributed by atoms with van der Waals surface area (Å²) in [5, 5.41) is 8.83. The Morgan fingerprint density at radius 1 is 1.60 bits per heavy atom. The Kier molecular flexibility index (Phi) is 2.79. The minimum absolute atomic E-state index is 0.430. The Labute approximate surface area is 95.4 Å². The summed E-state index contributed by atoms with van der Waals surface area (Å²) in [5.41, 5.74) is 5.98. The number of halogens is 1. The molecule has 5 nitrogen and oxygen atoms in total. The normalized spacial score (nSPS) is 17.2. The van der Waals surface area contributed by atoms with Crippen LogP contribution in [0.5, 0.6) is 0 Å². The van der Waals surface area contributed by atoms with Crippen LogP contribution in [0.1, 0.15) is 30.4 Å². The van der Waals surface area contributed by atoms with Gasteiger partial charge in [0.05, 0.1) is 0 Å². The van der Waals surface area contributed by atoms with Crippen LogP contribution in [0.2, 0.25) is 0 Å². The van der Waals surface area contributed by atoms with Crippen LogP contribution in [0.15, 0.2) is 4.60 Å². The van der Waals surface area contributed by atoms with Gasteiger partial charge in [0.1, 0.15) is 22.2 Å². The lowest BCUT2D eigenvalue weighted by atomic mass is 10.2. The summed E-state index contributed by atoms with van der Waals surface area (Å²) in [7, 11) is 0. The number of aromatic nitrogens is 2. The Morgan fingerprint density at radius 3 is 2.93 bits per heavy atom. The second kappa shape index (κ2) is 3.94. The Balaban J connectivity index is 2.41. The molecule has 2 rings (SSSR count). The Hall–Kier alpha value is -0.880. The number of fused-ring (bicyclic) bond motifs is 1. The van der Waals surface area contributed by atoms with Crippen LogP contribution in [-0.4, -0.2) is 20.6 Å². The van der Waals surface area contributed by atoms with E-state index in [9.17, 15) is 4.79 Å². The largest absolute Gasteiger partial charge is 0.480 e. The van der Waals surface area contributed by atoms with E-state index in [1.807, 2.05) is 4.57 Å². The minimum atomic E-state index is -1.05. The average Bonchev–Trinajstić information content (AvgIpc) is 2.56. The molecule has 0 bridgehead atoms. The second-order valence-electron chi connectivity index (χ2n) is 3.63. The van der Waals surface area contributed by atoms with Gasteiger partial charge in [0.15, 0.2) is 0 Å². The summed E-state index contributed by atoms with van der Waals surface area (Å²) in [5.74, 6) is -0.119. The number of nitrogens with zero attached hydrogens (tertiary/aromatic N) is 2. The molecular formula is C9H12BrN3O2. The maximum absolute atomic E-state index is 10.8. The van der Waals surface area contributed by atoms with Crippen LogP contribution in [0.3, 0.4) is 0 Å². The molecule has 0 aliphatic carbocycles. The van der Waals surface area contributed by atoms with Gasteiger partial charge in [-0.05, 0) is 28.8 Å². The van der Waals surface area contributed by atoms with Gasteiger partial charge in [-0.3, -0.25) is 4.79 Å². The molecule has 0 spiro atoms. The van der Waals surface area contributed by atoms with Crippen molar-refractivity contribution >= 4 is 21.9 Å². The fourth-order valence-corrected chi connectivity index (χ4v) is 2.50. The zero-order valence-electron chi connectivity index (χ0n) is 8.11. The first-order valence-corrected chi connectivity index (χ1v) is 5.63. The molecule has 15 heavy (non-hydrogen) atoms. The fourth-order valence-electron chi connectivity index (χ4n) is 1.78. The zero-order chi connectivity index (χ0) is 11.0. The molecule has 0 fully saturated rings. The molecule has 1 unspecified atom stereocenters. The highest BCUT2D eigenvalue weighted by Gasteiger charge is 2.25. The number of imidazole rings is 1. The van der Waals surface area contributed by atoms with E-state index < -0.39 is 12.0 Å². The van der Waals surface area contributed by atoms with Crippen molar-refractivity contribution in [1.82, 2.24) is 9.55 Å². The number of carboxylic acid groups (broad SMARTS) is 1. The number of aryl methyl sites for hydroxylation is 1. The topological polar surface area (TPSA) is 81.1 Å². The van der Waals surface area contributed by atoms with Gasteiger partial charge in [-0.2, -0.15) is 0 Å². The van der Waals surface area contributed by atoms with Crippen LogP contribution in [0.4, 0.5) is 0 Å². The highest BCUT2D eigenvalue weighted by molar-refractivity contribution is 9.10. The summed E-state index contributed by atoms with van der Waals surface area (Å²) in [4.78, 5) is 15.1. The van der Waals surface area contributed by atoms with E-state index in [2.05, 4.69) is 20.9 Å². The fraction of sp³-hybridized carbons (Fsp3) is 0.556. The third kappa shape index (κ3) is 1.79. The van der Waals surface area contributed by atoms with Gasteiger partial charge in [-0.1, -0.05) is 0 Å². The molecule has 1 aliphatic rings. The van der Waals surface area contributed by atoms with E-state index in [-0.39, 0.29) is 0 Å². The predicted molar refractivity (Wildman–Crippen MR) is 57.4 cm³/mol. The van der Waals surface area contributed by atoms with Gasteiger partial charge in [0.2, 0.25) is 0 Å². The number of rotatable bonds is 2. The molecule has 1 aromatic rings. The van der Waals surface area contributed by atoms with E-state index >= 15 is 0 Å². The third-order valence-electron chi connectivity index (χ3n) is 2.60. The van der Waals surface area contributed by atoms with E-state index in [1.54, 1.807) is 0 Å². The van der Waals surface area contributed by atoms with Gasteiger partial charge in [0.25, 0.3) is 0 Å². The van der Waals surface area contributed by atoms with E-state index in [0.29, 0.717) is 10.3 Å². The summed E-state index contributed by atoms with van der Waals surface area (Å²) >= 11 is 3.36. The monoisotopic (exact) mass is 273 g/mol. The van der Waals surface area contributed by atoms with Crippen molar-refractivity contribution in [3.05, 3.63) is 16.1 Å². The van der Waals surface area contributed by atoms with E-state index in [0.717, 1.165) is 31.6 Å². The molecule has 1 atom stereocenters. The summed E-state index contributed by atoms with van der Waals surface area (Å²) in [6, 6.07) is -1.04. The lowest BCUT2D eigenvalue weighted by Crippen LogP contribution is -2.21. The van der Waals surface area contributed by atoms with Crippen LogP contribution in [-0.2, 0) is 17.8 Å². The highest BCUT2D eigenvalue weighted by atomic mass is 79.9. The second-order valence-corrected chi connectivity index (χ2v) is 4.38. The van der Waals surface area contributed by atoms with E-state index in [4.69, 9.17) is 10.8 Å². The zero-order valence-corrected chi connectivity index (χ0v) is 9.70. The van der Waals surface area contributed by atoms with Gasteiger partial charge in [-0.15, -0.1) is 0 Å². The van der Waals surface area contributed by atoms with Crippen molar-refractivity contribution in [1.29, 1.82) is 0 Å². The molecule has 0 radical (unpaired) electrons. The van der Waals surface area contributed by atoms with Gasteiger partial charge in [0, 0.05) is 13.0 Å². The number of carbonyl (C=O) groups is 1. The molecule has 2 heterocycles. The smallest absolute Gasteiger partial charge is 0.326 e. The van der Waals surface area contributed by atoms with E-state index in [1.165, 1.54) is 0 Å². The van der Waals surface area contributed by atoms with Gasteiger partial charge >= 0.3 is 5.97 Å². The van der Waals surface area contributed by atoms with Crippen molar-refractivity contribution in [2.75, 3.05) is 0 Å². The molecule has 0 aromatic carbocycles. The Bertz CT molecular complexity index is 402. The number of hydrogen-bond donors (Lipinski definition) is 2. The molecule has 0 amide bonds. The van der Waals surface area contributed by atoms with Crippen LogP contribution in [0.25, 0.3) is 0 Å². The summed E-state index contributed by atoms with van der Waals surface area (Å²) < 4.78 is 2.72. The first-order valence-electron chi connectivity index (χ1n) is 4.84. The van der Waals surface area contributed by atoms with Crippen molar-refractivity contribution in [3.8, 4) is 0 Å². The standard InChI is InChI=1S/C9H12BrN3O2/c10-8-7(6(11)9(14)15)12-5-3-1-2-4-13(5)8/h6H,1-4,11H2,(H,14,15). The predicted octanol–water partition coefficient (Wildman–Crippen LogP) is 1.07. The van der Waals surface area contributed by atoms with Crippen LogP contribution >= 0.6 is 15.9 Å². The molecule has 0 saturated carbocycles. The molecular weight excluding hydrogens is 262 g/mol. The van der Waals surface area contributed by atoms with Crippen molar-refractivity contribution in [3.63, 3.8) is 0 Å². The summed E-state index contributed by atoms with van der Waals surface area (Å²) in [6.45, 7) is 0.884. The van der Waals surface area contributed by atoms with Crippen molar-refractivity contribution < 1.29 is 9.90 Å².